The summed E-state index contributed by atoms with van der Waals surface area (Å²) >= 11 is 1.55. The second kappa shape index (κ2) is 4.54. The van der Waals surface area contributed by atoms with Crippen molar-refractivity contribution in [2.75, 3.05) is 0 Å². The van der Waals surface area contributed by atoms with Crippen molar-refractivity contribution >= 4 is 22.2 Å². The number of para-hydroxylation sites is 1. The third-order valence-electron chi connectivity index (χ3n) is 3.02. The van der Waals surface area contributed by atoms with Gasteiger partial charge >= 0.3 is 0 Å². The molecule has 0 saturated carbocycles. The van der Waals surface area contributed by atoms with Crippen LogP contribution >= 0.6 is 11.3 Å². The fourth-order valence-corrected chi connectivity index (χ4v) is 2.82. The number of aromatic nitrogens is 3. The van der Waals surface area contributed by atoms with E-state index in [9.17, 15) is 0 Å². The summed E-state index contributed by atoms with van der Waals surface area (Å²) in [5, 5.41) is 7.87. The van der Waals surface area contributed by atoms with Gasteiger partial charge in [0.25, 0.3) is 0 Å². The number of benzene rings is 1. The van der Waals surface area contributed by atoms with Gasteiger partial charge in [0.2, 0.25) is 0 Å². The quantitative estimate of drug-likeness (QED) is 0.556. The summed E-state index contributed by atoms with van der Waals surface area (Å²) in [6.07, 6.45) is 1.54. The smallest absolute Gasteiger partial charge is 0.142 e. The molecule has 0 N–H and O–H groups in total. The fourth-order valence-electron chi connectivity index (χ4n) is 2.04. The molecule has 0 aliphatic carbocycles. The Morgan fingerprint density at radius 1 is 0.850 bits per heavy atom. The molecule has 0 aliphatic heterocycles. The number of hydrogen-bond acceptors (Lipinski definition) is 5. The van der Waals surface area contributed by atoms with E-state index in [1.807, 2.05) is 29.6 Å². The van der Waals surface area contributed by atoms with Gasteiger partial charge in [-0.05, 0) is 12.1 Å². The molecule has 1 aromatic carbocycles. The zero-order chi connectivity index (χ0) is 13.4. The van der Waals surface area contributed by atoms with E-state index in [1.165, 1.54) is 0 Å². The first-order valence-corrected chi connectivity index (χ1v) is 7.00. The summed E-state index contributed by atoms with van der Waals surface area (Å²) in [7, 11) is 0. The molecule has 4 rings (SSSR count). The van der Waals surface area contributed by atoms with Crippen LogP contribution < -0.4 is 0 Å². The number of nitrogens with zero attached hydrogens (tertiary/aromatic N) is 3. The molecule has 0 radical (unpaired) electrons. The van der Waals surface area contributed by atoms with Crippen LogP contribution in [0.25, 0.3) is 33.0 Å². The molecule has 0 spiro atoms. The molecule has 96 valence electrons. The van der Waals surface area contributed by atoms with E-state index >= 15 is 0 Å². The molecular weight excluding hydrogens is 270 g/mol. The van der Waals surface area contributed by atoms with Gasteiger partial charge in [-0.15, -0.1) is 11.3 Å². The lowest BCUT2D eigenvalue weighted by molar-refractivity contribution is 0.422. The van der Waals surface area contributed by atoms with E-state index in [0.29, 0.717) is 0 Å². The molecule has 4 aromatic rings. The van der Waals surface area contributed by atoms with E-state index in [2.05, 4.69) is 27.3 Å². The van der Waals surface area contributed by atoms with Crippen LogP contribution in [0.15, 0.2) is 58.6 Å². The molecule has 0 aliphatic rings. The summed E-state index contributed by atoms with van der Waals surface area (Å²) in [4.78, 5) is 9.21. The Labute approximate surface area is 118 Å². The average Bonchev–Trinajstić information content (AvgIpc) is 3.17. The monoisotopic (exact) mass is 279 g/mol. The molecule has 3 aromatic heterocycles. The lowest BCUT2D eigenvalue weighted by atomic mass is 10.2. The number of fused-ring (bicyclic) bond motifs is 1. The van der Waals surface area contributed by atoms with Crippen LogP contribution in [0.4, 0.5) is 0 Å². The van der Waals surface area contributed by atoms with E-state index in [4.69, 9.17) is 4.52 Å². The first-order valence-electron chi connectivity index (χ1n) is 6.12. The van der Waals surface area contributed by atoms with Crippen LogP contribution in [0.3, 0.4) is 0 Å². The summed E-state index contributed by atoms with van der Waals surface area (Å²) in [6, 6.07) is 13.9. The van der Waals surface area contributed by atoms with Crippen LogP contribution in [0.5, 0.6) is 0 Å². The largest absolute Gasteiger partial charge is 0.364 e. The SMILES string of the molecule is c1ccc2nc(-c3nc(-c4ccon4)cs3)ccc2c1. The van der Waals surface area contributed by atoms with Crippen molar-refractivity contribution in [1.29, 1.82) is 0 Å². The predicted molar refractivity (Wildman–Crippen MR) is 78.3 cm³/mol. The highest BCUT2D eigenvalue weighted by molar-refractivity contribution is 7.13. The normalized spacial score (nSPS) is 11.0. The maximum Gasteiger partial charge on any atom is 0.142 e. The molecule has 4 nitrogen and oxygen atoms in total. The first-order chi connectivity index (χ1) is 9.90. The van der Waals surface area contributed by atoms with Crippen molar-refractivity contribution in [2.45, 2.75) is 0 Å². The van der Waals surface area contributed by atoms with Gasteiger partial charge in [-0.3, -0.25) is 0 Å². The Hall–Kier alpha value is -2.53. The standard InChI is InChI=1S/C15H9N3OS/c1-2-4-11-10(3-1)5-6-13(16-11)15-17-14(9-20-15)12-7-8-19-18-12/h1-9H. The molecule has 0 atom stereocenters. The van der Waals surface area contributed by atoms with Crippen LogP contribution in [0.1, 0.15) is 0 Å². The number of hydrogen-bond donors (Lipinski definition) is 0. The summed E-state index contributed by atoms with van der Waals surface area (Å²) in [5.41, 5.74) is 3.41. The van der Waals surface area contributed by atoms with Gasteiger partial charge in [0.1, 0.15) is 22.7 Å². The molecule has 0 unspecified atom stereocenters. The Kier molecular flexibility index (Phi) is 2.57. The molecule has 0 fully saturated rings. The van der Waals surface area contributed by atoms with Gasteiger partial charge in [-0.2, -0.15) is 0 Å². The molecule has 0 saturated heterocycles. The van der Waals surface area contributed by atoms with Crippen LogP contribution in [0, 0.1) is 0 Å². The van der Waals surface area contributed by atoms with Crippen molar-refractivity contribution in [3.05, 3.63) is 54.1 Å². The Morgan fingerprint density at radius 2 is 1.80 bits per heavy atom. The van der Waals surface area contributed by atoms with Gasteiger partial charge in [0.05, 0.1) is 11.2 Å². The maximum atomic E-state index is 4.84. The van der Waals surface area contributed by atoms with Gasteiger partial charge in [-0.25, -0.2) is 9.97 Å². The van der Waals surface area contributed by atoms with Gasteiger partial charge < -0.3 is 4.52 Å². The summed E-state index contributed by atoms with van der Waals surface area (Å²) in [6.45, 7) is 0. The molecular formula is C15H9N3OS. The number of pyridine rings is 1. The third kappa shape index (κ3) is 1.88. The minimum absolute atomic E-state index is 0.744. The minimum atomic E-state index is 0.744. The fraction of sp³-hybridized carbons (Fsp3) is 0. The average molecular weight is 279 g/mol. The van der Waals surface area contributed by atoms with Crippen LogP contribution in [0.2, 0.25) is 0 Å². The lowest BCUT2D eigenvalue weighted by Crippen LogP contribution is -1.85. The van der Waals surface area contributed by atoms with Crippen molar-refractivity contribution < 1.29 is 4.52 Å². The van der Waals surface area contributed by atoms with E-state index in [0.717, 1.165) is 33.0 Å². The van der Waals surface area contributed by atoms with E-state index < -0.39 is 0 Å². The highest BCUT2D eigenvalue weighted by Crippen LogP contribution is 2.28. The Balaban J connectivity index is 1.79. The molecule has 0 bridgehead atoms. The molecule has 0 amide bonds. The third-order valence-corrected chi connectivity index (χ3v) is 3.89. The van der Waals surface area contributed by atoms with Crippen LogP contribution in [-0.4, -0.2) is 15.1 Å². The molecule has 3 heterocycles. The van der Waals surface area contributed by atoms with Gasteiger partial charge in [0.15, 0.2) is 0 Å². The van der Waals surface area contributed by atoms with Crippen molar-refractivity contribution in [3.63, 3.8) is 0 Å². The van der Waals surface area contributed by atoms with E-state index in [-0.39, 0.29) is 0 Å². The Bertz CT molecular complexity index is 868. The second-order valence-corrected chi connectivity index (χ2v) is 5.17. The first kappa shape index (κ1) is 11.3. The minimum Gasteiger partial charge on any atom is -0.364 e. The summed E-state index contributed by atoms with van der Waals surface area (Å²) < 4.78 is 4.84. The van der Waals surface area contributed by atoms with Crippen molar-refractivity contribution in [1.82, 2.24) is 15.1 Å². The highest BCUT2D eigenvalue weighted by Gasteiger charge is 2.10. The molecule has 5 heteroatoms. The van der Waals surface area contributed by atoms with Gasteiger partial charge in [0, 0.05) is 16.8 Å². The summed E-state index contributed by atoms with van der Waals surface area (Å²) in [5.74, 6) is 0. The predicted octanol–water partition coefficient (Wildman–Crippen LogP) is 4.01. The van der Waals surface area contributed by atoms with Crippen molar-refractivity contribution in [3.8, 4) is 22.1 Å². The number of thiazole rings is 1. The second-order valence-electron chi connectivity index (χ2n) is 4.31. The van der Waals surface area contributed by atoms with Crippen molar-refractivity contribution in [2.24, 2.45) is 0 Å². The molecule has 20 heavy (non-hydrogen) atoms. The van der Waals surface area contributed by atoms with Crippen LogP contribution in [-0.2, 0) is 0 Å². The lowest BCUT2D eigenvalue weighted by Gasteiger charge is -1.99. The Morgan fingerprint density at radius 3 is 2.70 bits per heavy atom. The maximum absolute atomic E-state index is 4.84. The van der Waals surface area contributed by atoms with E-state index in [1.54, 1.807) is 23.7 Å². The zero-order valence-electron chi connectivity index (χ0n) is 10.4. The zero-order valence-corrected chi connectivity index (χ0v) is 11.2. The number of rotatable bonds is 2. The highest BCUT2D eigenvalue weighted by atomic mass is 32.1. The topological polar surface area (TPSA) is 51.8 Å². The van der Waals surface area contributed by atoms with Gasteiger partial charge in [-0.1, -0.05) is 29.4 Å².